The molecule has 0 amide bonds. The molecule has 1 aliphatic rings. The Morgan fingerprint density at radius 2 is 1.71 bits per heavy atom. The number of hydrogen-bond acceptors (Lipinski definition) is 1. The van der Waals surface area contributed by atoms with Crippen molar-refractivity contribution >= 4 is 0 Å². The van der Waals surface area contributed by atoms with Crippen LogP contribution in [0, 0.1) is 11.8 Å². The summed E-state index contributed by atoms with van der Waals surface area (Å²) in [5.74, 6) is 2.13. The molecule has 0 N–H and O–H groups in total. The third-order valence-electron chi connectivity index (χ3n) is 4.72. The van der Waals surface area contributed by atoms with Crippen molar-refractivity contribution in [2.24, 2.45) is 11.8 Å². The smallest absolute Gasteiger partial charge is 0.119 e. The fourth-order valence-corrected chi connectivity index (χ4v) is 3.13. The van der Waals surface area contributed by atoms with Crippen LogP contribution in [0.15, 0.2) is 24.3 Å². The Morgan fingerprint density at radius 1 is 1.05 bits per heavy atom. The molecule has 0 aliphatic heterocycles. The van der Waals surface area contributed by atoms with E-state index in [4.69, 9.17) is 4.74 Å². The van der Waals surface area contributed by atoms with Crippen LogP contribution < -0.4 is 4.74 Å². The third kappa shape index (κ3) is 5.68. The van der Waals surface area contributed by atoms with Crippen LogP contribution in [0.25, 0.3) is 0 Å². The van der Waals surface area contributed by atoms with E-state index in [-0.39, 0.29) is 6.67 Å². The van der Waals surface area contributed by atoms with Gasteiger partial charge in [-0.3, -0.25) is 4.39 Å². The Morgan fingerprint density at radius 3 is 2.33 bits per heavy atom. The summed E-state index contributed by atoms with van der Waals surface area (Å²) < 4.78 is 18.3. The van der Waals surface area contributed by atoms with Crippen LogP contribution in [0.2, 0.25) is 0 Å². The van der Waals surface area contributed by atoms with Gasteiger partial charge in [0.15, 0.2) is 0 Å². The topological polar surface area (TPSA) is 9.23 Å². The fraction of sp³-hybridized carbons (Fsp3) is 0.684. The maximum Gasteiger partial charge on any atom is 0.119 e. The van der Waals surface area contributed by atoms with Crippen molar-refractivity contribution in [3.05, 3.63) is 29.8 Å². The van der Waals surface area contributed by atoms with Gasteiger partial charge in [0.25, 0.3) is 0 Å². The molecule has 1 saturated carbocycles. The number of rotatable bonds is 8. The molecule has 2 heteroatoms. The highest BCUT2D eigenvalue weighted by Crippen LogP contribution is 2.31. The minimum absolute atomic E-state index is 0.119. The molecule has 1 aromatic carbocycles. The molecule has 0 saturated heterocycles. The number of unbranched alkanes of at least 4 members (excludes halogenated alkanes) is 1. The first-order valence-corrected chi connectivity index (χ1v) is 8.59. The molecule has 0 unspecified atom stereocenters. The molecule has 1 aliphatic carbocycles. The zero-order valence-corrected chi connectivity index (χ0v) is 13.3. The van der Waals surface area contributed by atoms with Crippen LogP contribution in [-0.2, 0) is 6.42 Å². The predicted molar refractivity (Wildman–Crippen MR) is 86.6 cm³/mol. The predicted octanol–water partition coefficient (Wildman–Crippen LogP) is 5.57. The molecule has 0 spiro atoms. The average Bonchev–Trinajstić information content (AvgIpc) is 2.55. The summed E-state index contributed by atoms with van der Waals surface area (Å²) in [5, 5.41) is 0. The van der Waals surface area contributed by atoms with Crippen LogP contribution >= 0.6 is 0 Å². The maximum atomic E-state index is 12.6. The minimum Gasteiger partial charge on any atom is -0.494 e. The van der Waals surface area contributed by atoms with Crippen LogP contribution in [0.1, 0.15) is 57.4 Å². The first kappa shape index (κ1) is 16.3. The number of aryl methyl sites for hydroxylation is 1. The lowest BCUT2D eigenvalue weighted by molar-refractivity contribution is 0.224. The van der Waals surface area contributed by atoms with E-state index in [9.17, 15) is 4.39 Å². The van der Waals surface area contributed by atoms with Gasteiger partial charge in [-0.15, -0.1) is 0 Å². The number of benzene rings is 1. The number of hydrogen-bond donors (Lipinski definition) is 0. The SMILES string of the molecule is CCCCOc1ccc(CCC2CCC(CF)CC2)cc1. The molecule has 1 nitrogen and oxygen atoms in total. The number of alkyl halides is 1. The van der Waals surface area contributed by atoms with Gasteiger partial charge in [0.05, 0.1) is 13.3 Å². The summed E-state index contributed by atoms with van der Waals surface area (Å²) in [6.45, 7) is 2.87. The Hall–Kier alpha value is -1.05. The second-order valence-corrected chi connectivity index (χ2v) is 6.43. The Labute approximate surface area is 128 Å². The highest BCUT2D eigenvalue weighted by Gasteiger charge is 2.20. The molecule has 118 valence electrons. The Kier molecular flexibility index (Phi) is 7.05. The molecule has 0 heterocycles. The van der Waals surface area contributed by atoms with Crippen molar-refractivity contribution in [3.63, 3.8) is 0 Å². The van der Waals surface area contributed by atoms with E-state index in [0.29, 0.717) is 5.92 Å². The fourth-order valence-electron chi connectivity index (χ4n) is 3.13. The largest absolute Gasteiger partial charge is 0.494 e. The van der Waals surface area contributed by atoms with Crippen molar-refractivity contribution in [3.8, 4) is 5.75 Å². The molecular formula is C19H29FO. The van der Waals surface area contributed by atoms with Gasteiger partial charge < -0.3 is 4.74 Å². The van der Waals surface area contributed by atoms with Gasteiger partial charge in [0.1, 0.15) is 5.75 Å². The lowest BCUT2D eigenvalue weighted by atomic mass is 9.80. The minimum atomic E-state index is -0.119. The standard InChI is InChI=1S/C19H29FO/c1-2-3-14-21-19-12-10-17(11-13-19)5-4-16-6-8-18(15-20)9-7-16/h10-13,16,18H,2-9,14-15H2,1H3. The molecule has 1 aromatic rings. The highest BCUT2D eigenvalue weighted by molar-refractivity contribution is 5.27. The van der Waals surface area contributed by atoms with Crippen molar-refractivity contribution < 1.29 is 9.13 Å². The van der Waals surface area contributed by atoms with Gasteiger partial charge >= 0.3 is 0 Å². The summed E-state index contributed by atoms with van der Waals surface area (Å²) in [6.07, 6.45) is 9.28. The van der Waals surface area contributed by atoms with Crippen LogP contribution in [0.5, 0.6) is 5.75 Å². The normalized spacial score (nSPS) is 22.2. The number of halogens is 1. The summed E-state index contributed by atoms with van der Waals surface area (Å²) in [7, 11) is 0. The first-order chi connectivity index (χ1) is 10.3. The lowest BCUT2D eigenvalue weighted by Gasteiger charge is -2.26. The molecule has 2 rings (SSSR count). The van der Waals surface area contributed by atoms with E-state index < -0.39 is 0 Å². The second kappa shape index (κ2) is 9.07. The van der Waals surface area contributed by atoms with E-state index in [0.717, 1.165) is 44.0 Å². The third-order valence-corrected chi connectivity index (χ3v) is 4.72. The molecule has 0 atom stereocenters. The Balaban J connectivity index is 1.69. The van der Waals surface area contributed by atoms with Gasteiger partial charge in [-0.2, -0.15) is 0 Å². The van der Waals surface area contributed by atoms with Gasteiger partial charge in [-0.25, -0.2) is 0 Å². The summed E-state index contributed by atoms with van der Waals surface area (Å²) in [6, 6.07) is 8.55. The lowest BCUT2D eigenvalue weighted by Crippen LogP contribution is -2.16. The molecule has 21 heavy (non-hydrogen) atoms. The van der Waals surface area contributed by atoms with E-state index in [1.165, 1.54) is 31.2 Å². The van der Waals surface area contributed by atoms with E-state index in [1.807, 2.05) is 0 Å². The van der Waals surface area contributed by atoms with Crippen molar-refractivity contribution in [2.45, 2.75) is 58.3 Å². The molecule has 0 aromatic heterocycles. The molecular weight excluding hydrogens is 263 g/mol. The highest BCUT2D eigenvalue weighted by atomic mass is 19.1. The quantitative estimate of drug-likeness (QED) is 0.569. The molecule has 1 fully saturated rings. The molecule has 0 radical (unpaired) electrons. The zero-order chi connectivity index (χ0) is 14.9. The summed E-state index contributed by atoms with van der Waals surface area (Å²) >= 11 is 0. The van der Waals surface area contributed by atoms with E-state index in [2.05, 4.69) is 31.2 Å². The average molecular weight is 292 g/mol. The molecule has 0 bridgehead atoms. The van der Waals surface area contributed by atoms with Gasteiger partial charge in [-0.05, 0) is 61.6 Å². The van der Waals surface area contributed by atoms with Gasteiger partial charge in [0.2, 0.25) is 0 Å². The van der Waals surface area contributed by atoms with E-state index in [1.54, 1.807) is 0 Å². The summed E-state index contributed by atoms with van der Waals surface area (Å²) in [4.78, 5) is 0. The zero-order valence-electron chi connectivity index (χ0n) is 13.3. The van der Waals surface area contributed by atoms with E-state index >= 15 is 0 Å². The van der Waals surface area contributed by atoms with Gasteiger partial charge in [-0.1, -0.05) is 38.3 Å². The summed E-state index contributed by atoms with van der Waals surface area (Å²) in [5.41, 5.74) is 1.39. The van der Waals surface area contributed by atoms with Crippen LogP contribution in [-0.4, -0.2) is 13.3 Å². The van der Waals surface area contributed by atoms with Gasteiger partial charge in [0, 0.05) is 0 Å². The number of ether oxygens (including phenoxy) is 1. The van der Waals surface area contributed by atoms with Crippen LogP contribution in [0.4, 0.5) is 4.39 Å². The first-order valence-electron chi connectivity index (χ1n) is 8.59. The van der Waals surface area contributed by atoms with Crippen LogP contribution in [0.3, 0.4) is 0 Å². The van der Waals surface area contributed by atoms with Crippen molar-refractivity contribution in [2.75, 3.05) is 13.3 Å². The Bertz CT molecular complexity index is 379. The monoisotopic (exact) mass is 292 g/mol. The second-order valence-electron chi connectivity index (χ2n) is 6.43. The maximum absolute atomic E-state index is 12.6. The van der Waals surface area contributed by atoms with Crippen molar-refractivity contribution in [1.29, 1.82) is 0 Å². The van der Waals surface area contributed by atoms with Crippen molar-refractivity contribution in [1.82, 2.24) is 0 Å².